The Morgan fingerprint density at radius 1 is 0.595 bits per heavy atom. The summed E-state index contributed by atoms with van der Waals surface area (Å²) < 4.78 is 0. The normalized spacial score (nSPS) is 17.8. The van der Waals surface area contributed by atoms with Crippen molar-refractivity contribution >= 4 is 11.8 Å². The zero-order chi connectivity index (χ0) is 30.0. The molecule has 0 aromatic rings. The fraction of sp³-hybridized carbons (Fsp3) is 0.389. The molecule has 2 rings (SSSR count). The minimum absolute atomic E-state index is 0.367. The Bertz CT molecular complexity index is 891. The van der Waals surface area contributed by atoms with Crippen molar-refractivity contribution in [2.75, 3.05) is 0 Å². The Hall–Kier alpha value is -2.51. The van der Waals surface area contributed by atoms with Crippen LogP contribution in [0.5, 0.6) is 0 Å². The van der Waals surface area contributed by atoms with Gasteiger partial charge < -0.3 is 0 Å². The molecule has 0 N–H and O–H groups in total. The summed E-state index contributed by atoms with van der Waals surface area (Å²) in [6.07, 6.45) is 22.8. The molecule has 1 spiro atoms. The monoisotopic (exact) mass is 522 g/mol. The average Bonchev–Trinajstić information content (AvgIpc) is 3.21. The average molecular weight is 523 g/mol. The van der Waals surface area contributed by atoms with E-state index in [-0.39, 0.29) is 5.41 Å². The fourth-order valence-corrected chi connectivity index (χ4v) is 5.15. The van der Waals surface area contributed by atoms with Crippen molar-refractivity contribution in [3.05, 3.63) is 131 Å². The maximum Gasteiger partial charge on any atom is 0.0689 e. The van der Waals surface area contributed by atoms with Crippen molar-refractivity contribution in [2.24, 2.45) is 5.41 Å². The third-order valence-corrected chi connectivity index (χ3v) is 6.01. The first-order chi connectivity index (χ1) is 18.0. The maximum absolute atomic E-state index is 4.18. The third-order valence-electron chi connectivity index (χ3n) is 4.83. The molecule has 208 valence electrons. The van der Waals surface area contributed by atoms with Crippen molar-refractivity contribution in [2.45, 2.75) is 90.0 Å². The van der Waals surface area contributed by atoms with E-state index in [4.69, 9.17) is 0 Å². The summed E-state index contributed by atoms with van der Waals surface area (Å²) in [7, 11) is 0. The lowest BCUT2D eigenvalue weighted by molar-refractivity contribution is 0.660. The van der Waals surface area contributed by atoms with Gasteiger partial charge in [0.25, 0.3) is 0 Å². The van der Waals surface area contributed by atoms with Gasteiger partial charge in [-0.15, -0.1) is 6.58 Å². The predicted molar refractivity (Wildman–Crippen MR) is 181 cm³/mol. The molecule has 1 heterocycles. The van der Waals surface area contributed by atoms with Crippen molar-refractivity contribution in [1.29, 1.82) is 0 Å². The highest BCUT2D eigenvalue weighted by Crippen LogP contribution is 2.61. The van der Waals surface area contributed by atoms with Gasteiger partial charge in [0.05, 0.1) is 5.41 Å². The van der Waals surface area contributed by atoms with Crippen LogP contribution in [0, 0.1) is 5.41 Å². The molecule has 0 aromatic heterocycles. The second-order valence-corrected chi connectivity index (χ2v) is 7.71. The molecule has 0 radical (unpaired) electrons. The maximum atomic E-state index is 4.18. The predicted octanol–water partition coefficient (Wildman–Crippen LogP) is 13.1. The van der Waals surface area contributed by atoms with Crippen LogP contribution in [0.25, 0.3) is 0 Å². The molecule has 2 aliphatic rings. The van der Waals surface area contributed by atoms with Gasteiger partial charge in [-0.05, 0) is 56.9 Å². The summed E-state index contributed by atoms with van der Waals surface area (Å²) >= 11 is 1.76. The van der Waals surface area contributed by atoms with Gasteiger partial charge in [0.15, 0.2) is 0 Å². The molecular weight excluding hydrogens is 464 g/mol. The van der Waals surface area contributed by atoms with Gasteiger partial charge in [0.2, 0.25) is 0 Å². The van der Waals surface area contributed by atoms with Crippen LogP contribution in [-0.4, -0.2) is 0 Å². The van der Waals surface area contributed by atoms with Gasteiger partial charge in [-0.25, -0.2) is 0 Å². The van der Waals surface area contributed by atoms with Gasteiger partial charge in [-0.1, -0.05) is 159 Å². The van der Waals surface area contributed by atoms with E-state index in [1.54, 1.807) is 17.8 Å². The molecule has 1 unspecified atom stereocenters. The van der Waals surface area contributed by atoms with Gasteiger partial charge in [-0.3, -0.25) is 0 Å². The molecule has 1 atom stereocenters. The number of hydrogen-bond acceptors (Lipinski definition) is 1. The van der Waals surface area contributed by atoms with Crippen molar-refractivity contribution in [3.8, 4) is 0 Å². The number of allylic oxidation sites excluding steroid dienone is 16. The molecule has 1 aliphatic heterocycles. The first-order valence-electron chi connectivity index (χ1n) is 13.9. The molecule has 0 bridgehead atoms. The highest BCUT2D eigenvalue weighted by molar-refractivity contribution is 8.07. The largest absolute Gasteiger partial charge is 0.103 e. The zero-order valence-corrected chi connectivity index (χ0v) is 27.4. The lowest BCUT2D eigenvalue weighted by Gasteiger charge is -2.41. The highest BCUT2D eigenvalue weighted by Gasteiger charge is 2.48. The SMILES string of the molecule is C=CC.C=CC1=C(/C=C\C)C2(C(C)=CC(/C=C\C)=C2C=C)C(C=C)=C(/C=C\C)S1.CC.CC.CC.CC. The fourth-order valence-electron chi connectivity index (χ4n) is 3.95. The van der Waals surface area contributed by atoms with E-state index in [1.807, 2.05) is 94.4 Å². The number of thioether (sulfide) groups is 1. The molecule has 0 saturated carbocycles. The van der Waals surface area contributed by atoms with E-state index >= 15 is 0 Å². The Kier molecular flexibility index (Phi) is 29.9. The van der Waals surface area contributed by atoms with Crippen LogP contribution >= 0.6 is 11.8 Å². The molecule has 0 saturated heterocycles. The van der Waals surface area contributed by atoms with Gasteiger partial charge >= 0.3 is 0 Å². The minimum atomic E-state index is -0.367. The van der Waals surface area contributed by atoms with Crippen LogP contribution in [0.4, 0.5) is 0 Å². The third kappa shape index (κ3) is 10.4. The first-order valence-corrected chi connectivity index (χ1v) is 14.7. The zero-order valence-electron chi connectivity index (χ0n) is 26.6. The quantitative estimate of drug-likeness (QED) is 0.312. The Labute approximate surface area is 237 Å². The van der Waals surface area contributed by atoms with Crippen molar-refractivity contribution in [1.82, 2.24) is 0 Å². The summed E-state index contributed by atoms with van der Waals surface area (Å²) in [5.74, 6) is 0. The molecule has 1 heteroatoms. The second kappa shape index (κ2) is 26.6. The summed E-state index contributed by atoms with van der Waals surface area (Å²) in [5, 5.41) is 0. The molecule has 0 nitrogen and oxygen atoms in total. The van der Waals surface area contributed by atoms with Crippen molar-refractivity contribution in [3.63, 3.8) is 0 Å². The van der Waals surface area contributed by atoms with Crippen LogP contribution < -0.4 is 0 Å². The smallest absolute Gasteiger partial charge is 0.0689 e. The lowest BCUT2D eigenvalue weighted by Crippen LogP contribution is -2.30. The van der Waals surface area contributed by atoms with Gasteiger partial charge in [-0.2, -0.15) is 0 Å². The first kappa shape index (κ1) is 41.6. The molecule has 0 aromatic carbocycles. The summed E-state index contributed by atoms with van der Waals surface area (Å²) in [5.41, 5.74) is 5.78. The molecular formula is C36H58S. The van der Waals surface area contributed by atoms with E-state index in [9.17, 15) is 0 Å². The van der Waals surface area contributed by atoms with Gasteiger partial charge in [0.1, 0.15) is 0 Å². The summed E-state index contributed by atoms with van der Waals surface area (Å²) in [6, 6.07) is 0. The van der Waals surface area contributed by atoms with Gasteiger partial charge in [0, 0.05) is 9.81 Å². The van der Waals surface area contributed by atoms with E-state index in [1.165, 1.54) is 37.7 Å². The van der Waals surface area contributed by atoms with Crippen LogP contribution in [0.15, 0.2) is 131 Å². The Morgan fingerprint density at radius 3 is 1.38 bits per heavy atom. The second-order valence-electron chi connectivity index (χ2n) is 6.62. The van der Waals surface area contributed by atoms with E-state index in [0.29, 0.717) is 0 Å². The van der Waals surface area contributed by atoms with Crippen LogP contribution in [0.1, 0.15) is 90.0 Å². The van der Waals surface area contributed by atoms with Crippen molar-refractivity contribution < 1.29 is 0 Å². The van der Waals surface area contributed by atoms with E-state index in [0.717, 1.165) is 0 Å². The van der Waals surface area contributed by atoms with E-state index in [2.05, 4.69) is 82.7 Å². The molecule has 37 heavy (non-hydrogen) atoms. The standard InChI is InChI=1S/C25H28S.C3H6.4C2H6/c1-8-14-19-17-18(7)25(20(19)11-4)21(12-5)24(16-10-3)26-23(13-6)22(25)15-9-2;1-3-2;4*1-2/h8-17H,4-6H2,1-3,7H3;3H,1H2,2H3;4*1-2H3/b14-8-,15-9-,16-10-;;;;;. The van der Waals surface area contributed by atoms with Crippen LogP contribution in [0.3, 0.4) is 0 Å². The summed E-state index contributed by atoms with van der Waals surface area (Å²) in [4.78, 5) is 2.38. The molecule has 1 aliphatic carbocycles. The van der Waals surface area contributed by atoms with Crippen LogP contribution in [0.2, 0.25) is 0 Å². The molecule has 0 fully saturated rings. The van der Waals surface area contributed by atoms with Crippen LogP contribution in [-0.2, 0) is 0 Å². The summed E-state index contributed by atoms with van der Waals surface area (Å²) in [6.45, 7) is 42.0. The Morgan fingerprint density at radius 2 is 1.03 bits per heavy atom. The van der Waals surface area contributed by atoms with E-state index < -0.39 is 0 Å². The highest BCUT2D eigenvalue weighted by atomic mass is 32.2. The number of rotatable bonds is 6. The number of hydrogen-bond donors (Lipinski definition) is 0. The Balaban J connectivity index is -0.000000434. The lowest BCUT2D eigenvalue weighted by atomic mass is 9.64. The topological polar surface area (TPSA) is 0 Å². The minimum Gasteiger partial charge on any atom is -0.103 e. The molecule has 0 amide bonds.